The molecule has 3 nitrogen and oxygen atoms in total. The van der Waals surface area contributed by atoms with Crippen molar-refractivity contribution in [3.05, 3.63) is 170 Å². The number of aromatic nitrogens is 2. The monoisotopic (exact) mass is 600 g/mol. The lowest BCUT2D eigenvalue weighted by molar-refractivity contribution is 0.669. The Balaban J connectivity index is 1.21. The fourth-order valence-electron chi connectivity index (χ4n) is 6.51. The van der Waals surface area contributed by atoms with Crippen LogP contribution in [-0.4, -0.2) is 9.97 Å². The predicted octanol–water partition coefficient (Wildman–Crippen LogP) is 11.9. The quantitative estimate of drug-likeness (QED) is 0.197. The van der Waals surface area contributed by atoms with Crippen LogP contribution in [0.2, 0.25) is 0 Å². The van der Waals surface area contributed by atoms with Crippen LogP contribution in [-0.2, 0) is 0 Å². The van der Waals surface area contributed by atoms with Crippen LogP contribution in [0.15, 0.2) is 174 Å². The van der Waals surface area contributed by atoms with E-state index in [9.17, 15) is 0 Å². The lowest BCUT2D eigenvalue weighted by atomic mass is 9.93. The van der Waals surface area contributed by atoms with Crippen molar-refractivity contribution >= 4 is 32.7 Å². The van der Waals surface area contributed by atoms with E-state index in [1.54, 1.807) is 0 Å². The third kappa shape index (κ3) is 4.95. The molecule has 0 N–H and O–H groups in total. The van der Waals surface area contributed by atoms with Crippen LogP contribution in [0.5, 0.6) is 0 Å². The van der Waals surface area contributed by atoms with Crippen LogP contribution in [0.4, 0.5) is 0 Å². The lowest BCUT2D eigenvalue weighted by Crippen LogP contribution is -1.96. The third-order valence-corrected chi connectivity index (χ3v) is 8.87. The topological polar surface area (TPSA) is 38.9 Å². The maximum absolute atomic E-state index is 6.57. The van der Waals surface area contributed by atoms with E-state index in [-0.39, 0.29) is 0 Å². The summed E-state index contributed by atoms with van der Waals surface area (Å²) in [6.07, 6.45) is 0. The number of hydrogen-bond acceptors (Lipinski definition) is 3. The molecule has 220 valence electrons. The van der Waals surface area contributed by atoms with E-state index < -0.39 is 0 Å². The molecule has 9 aromatic rings. The number of hydrogen-bond donors (Lipinski definition) is 0. The molecule has 0 aliphatic heterocycles. The zero-order valence-corrected chi connectivity index (χ0v) is 25.5. The molecule has 0 bridgehead atoms. The Morgan fingerprint density at radius 1 is 0.362 bits per heavy atom. The van der Waals surface area contributed by atoms with Crippen LogP contribution >= 0.6 is 0 Å². The third-order valence-electron chi connectivity index (χ3n) is 8.87. The van der Waals surface area contributed by atoms with Gasteiger partial charge in [0.1, 0.15) is 11.2 Å². The summed E-state index contributed by atoms with van der Waals surface area (Å²) in [5, 5.41) is 4.59. The Bertz CT molecular complexity index is 2480. The summed E-state index contributed by atoms with van der Waals surface area (Å²) in [5.74, 6) is 0.695. The fraction of sp³-hybridized carbons (Fsp3) is 0. The molecule has 47 heavy (non-hydrogen) atoms. The standard InChI is InChI=1S/C44H28N2O/c1-4-12-29(13-5-1)36-25-37(43-38-24-34-18-10-11-19-35(34)26-41(38)47-42(43)27-36)30-20-22-33(23-21-30)44-45-39(31-14-6-2-7-15-31)28-40(46-44)32-16-8-3-9-17-32/h1-28H. The minimum atomic E-state index is 0.695. The van der Waals surface area contributed by atoms with Gasteiger partial charge in [0.05, 0.1) is 11.4 Å². The molecule has 2 heterocycles. The first kappa shape index (κ1) is 27.0. The fourth-order valence-corrected chi connectivity index (χ4v) is 6.51. The second-order valence-corrected chi connectivity index (χ2v) is 11.8. The molecule has 0 fully saturated rings. The summed E-state index contributed by atoms with van der Waals surface area (Å²) in [7, 11) is 0. The number of fused-ring (bicyclic) bond motifs is 4. The largest absolute Gasteiger partial charge is 0.456 e. The SMILES string of the molecule is c1ccc(-c2cc(-c3ccc(-c4nc(-c5ccccc5)cc(-c5ccccc5)n4)cc3)c3c(c2)oc2cc4ccccc4cc23)cc1. The highest BCUT2D eigenvalue weighted by atomic mass is 16.3. The predicted molar refractivity (Wildman–Crippen MR) is 194 cm³/mol. The van der Waals surface area contributed by atoms with E-state index in [4.69, 9.17) is 14.4 Å². The van der Waals surface area contributed by atoms with Crippen molar-refractivity contribution in [1.82, 2.24) is 9.97 Å². The van der Waals surface area contributed by atoms with Crippen molar-refractivity contribution in [2.45, 2.75) is 0 Å². The van der Waals surface area contributed by atoms with Gasteiger partial charge in [0.25, 0.3) is 0 Å². The van der Waals surface area contributed by atoms with Gasteiger partial charge in [-0.25, -0.2) is 9.97 Å². The average Bonchev–Trinajstić information content (AvgIpc) is 3.51. The van der Waals surface area contributed by atoms with Gasteiger partial charge in [0, 0.05) is 27.5 Å². The van der Waals surface area contributed by atoms with E-state index in [0.29, 0.717) is 5.82 Å². The van der Waals surface area contributed by atoms with Crippen molar-refractivity contribution in [2.75, 3.05) is 0 Å². The maximum Gasteiger partial charge on any atom is 0.160 e. The molecule has 0 aliphatic carbocycles. The van der Waals surface area contributed by atoms with Gasteiger partial charge in [0.15, 0.2) is 5.82 Å². The second-order valence-electron chi connectivity index (χ2n) is 11.8. The van der Waals surface area contributed by atoms with Crippen LogP contribution in [0.3, 0.4) is 0 Å². The van der Waals surface area contributed by atoms with Gasteiger partial charge >= 0.3 is 0 Å². The van der Waals surface area contributed by atoms with Crippen molar-refractivity contribution in [3.63, 3.8) is 0 Å². The summed E-state index contributed by atoms with van der Waals surface area (Å²) >= 11 is 0. The summed E-state index contributed by atoms with van der Waals surface area (Å²) in [6.45, 7) is 0. The first-order chi connectivity index (χ1) is 23.3. The van der Waals surface area contributed by atoms with Gasteiger partial charge in [-0.1, -0.05) is 140 Å². The molecule has 0 amide bonds. The molecule has 0 saturated carbocycles. The first-order valence-electron chi connectivity index (χ1n) is 15.8. The highest BCUT2D eigenvalue weighted by Gasteiger charge is 2.17. The molecule has 0 radical (unpaired) electrons. The van der Waals surface area contributed by atoms with Crippen LogP contribution < -0.4 is 0 Å². The van der Waals surface area contributed by atoms with Gasteiger partial charge < -0.3 is 4.42 Å². The molecular weight excluding hydrogens is 572 g/mol. The molecule has 0 aliphatic rings. The molecule has 2 aromatic heterocycles. The van der Waals surface area contributed by atoms with E-state index in [0.717, 1.165) is 72.3 Å². The normalized spacial score (nSPS) is 11.4. The van der Waals surface area contributed by atoms with Crippen molar-refractivity contribution in [3.8, 4) is 56.2 Å². The Morgan fingerprint density at radius 2 is 0.894 bits per heavy atom. The van der Waals surface area contributed by atoms with E-state index in [1.165, 1.54) is 10.8 Å². The zero-order valence-electron chi connectivity index (χ0n) is 25.5. The molecule has 3 heteroatoms. The Morgan fingerprint density at radius 3 is 1.51 bits per heavy atom. The molecule has 0 unspecified atom stereocenters. The molecular formula is C44H28N2O. The summed E-state index contributed by atoms with van der Waals surface area (Å²) in [6, 6.07) is 59.1. The van der Waals surface area contributed by atoms with Gasteiger partial charge in [-0.2, -0.15) is 0 Å². The van der Waals surface area contributed by atoms with Gasteiger partial charge in [-0.15, -0.1) is 0 Å². The van der Waals surface area contributed by atoms with E-state index in [2.05, 4.69) is 127 Å². The smallest absolute Gasteiger partial charge is 0.160 e. The number of nitrogens with zero attached hydrogens (tertiary/aromatic N) is 2. The molecule has 0 saturated heterocycles. The van der Waals surface area contributed by atoms with E-state index in [1.807, 2.05) is 42.5 Å². The minimum Gasteiger partial charge on any atom is -0.456 e. The Hall–Kier alpha value is -6.32. The van der Waals surface area contributed by atoms with E-state index >= 15 is 0 Å². The molecule has 9 rings (SSSR count). The van der Waals surface area contributed by atoms with Crippen LogP contribution in [0, 0.1) is 0 Å². The number of rotatable bonds is 5. The maximum atomic E-state index is 6.57. The molecule has 0 spiro atoms. The minimum absolute atomic E-state index is 0.695. The highest BCUT2D eigenvalue weighted by molar-refractivity contribution is 6.16. The molecule has 0 atom stereocenters. The lowest BCUT2D eigenvalue weighted by Gasteiger charge is -2.11. The van der Waals surface area contributed by atoms with Gasteiger partial charge in [-0.3, -0.25) is 0 Å². The highest BCUT2D eigenvalue weighted by Crippen LogP contribution is 2.41. The zero-order chi connectivity index (χ0) is 31.2. The van der Waals surface area contributed by atoms with Crippen LogP contribution in [0.1, 0.15) is 0 Å². The van der Waals surface area contributed by atoms with Gasteiger partial charge in [0.2, 0.25) is 0 Å². The number of furan rings is 1. The van der Waals surface area contributed by atoms with Crippen molar-refractivity contribution in [2.24, 2.45) is 0 Å². The first-order valence-corrected chi connectivity index (χ1v) is 15.8. The second kappa shape index (κ2) is 11.2. The summed E-state index contributed by atoms with van der Waals surface area (Å²) < 4.78 is 6.57. The van der Waals surface area contributed by atoms with Crippen molar-refractivity contribution < 1.29 is 4.42 Å². The van der Waals surface area contributed by atoms with Gasteiger partial charge in [-0.05, 0) is 63.4 Å². The summed E-state index contributed by atoms with van der Waals surface area (Å²) in [4.78, 5) is 10.1. The Labute approximate surface area is 272 Å². The van der Waals surface area contributed by atoms with Crippen molar-refractivity contribution in [1.29, 1.82) is 0 Å². The number of benzene rings is 7. The molecule has 7 aromatic carbocycles. The Kier molecular flexibility index (Phi) is 6.46. The van der Waals surface area contributed by atoms with Crippen LogP contribution in [0.25, 0.3) is 88.9 Å². The summed E-state index contributed by atoms with van der Waals surface area (Å²) in [5.41, 5.74) is 11.1. The average molecular weight is 601 g/mol.